The van der Waals surface area contributed by atoms with Gasteiger partial charge >= 0.3 is 0 Å². The average Bonchev–Trinajstić information content (AvgIpc) is 2.16. The summed E-state index contributed by atoms with van der Waals surface area (Å²) in [5, 5.41) is 6.43. The molecule has 0 aliphatic rings. The number of nitrogens with one attached hydrogen (secondary N) is 2. The third-order valence-corrected chi connectivity index (χ3v) is 2.07. The second-order valence-electron chi connectivity index (χ2n) is 4.99. The first kappa shape index (κ1) is 19.3. The molecule has 0 aliphatic carbocycles. The van der Waals surface area contributed by atoms with Gasteiger partial charge in [-0.3, -0.25) is 4.99 Å². The number of hydrogen-bond donors (Lipinski definition) is 2. The fourth-order valence-corrected chi connectivity index (χ4v) is 1.12. The van der Waals surface area contributed by atoms with Crippen LogP contribution in [0.3, 0.4) is 0 Å². The zero-order chi connectivity index (χ0) is 12.4. The van der Waals surface area contributed by atoms with Crippen molar-refractivity contribution in [3.63, 3.8) is 0 Å². The van der Waals surface area contributed by atoms with Crippen LogP contribution in [0.1, 0.15) is 34.1 Å². The highest BCUT2D eigenvalue weighted by Crippen LogP contribution is 2.17. The lowest BCUT2D eigenvalue weighted by Gasteiger charge is -2.17. The molecule has 0 amide bonds. The second kappa shape index (κ2) is 11.1. The van der Waals surface area contributed by atoms with E-state index in [-0.39, 0.29) is 24.0 Å². The molecule has 0 unspecified atom stereocenters. The van der Waals surface area contributed by atoms with E-state index in [0.717, 1.165) is 32.0 Å². The number of rotatable bonds is 6. The van der Waals surface area contributed by atoms with E-state index >= 15 is 0 Å². The molecule has 0 aromatic heterocycles. The van der Waals surface area contributed by atoms with Gasteiger partial charge in [0.1, 0.15) is 0 Å². The standard InChI is InChI=1S/C12H27N3O.HI/c1-6-13-11(15-9-10-16-5)14-8-7-12(2,3)4;/h6-10H2,1-5H3,(H2,13,14,15);1H. The van der Waals surface area contributed by atoms with E-state index in [1.54, 1.807) is 7.11 Å². The van der Waals surface area contributed by atoms with Gasteiger partial charge in [-0.15, -0.1) is 24.0 Å². The van der Waals surface area contributed by atoms with E-state index in [4.69, 9.17) is 4.74 Å². The molecule has 0 saturated carbocycles. The normalized spacial score (nSPS) is 11.9. The molecule has 4 nitrogen and oxygen atoms in total. The van der Waals surface area contributed by atoms with Crippen LogP contribution in [0.15, 0.2) is 4.99 Å². The fraction of sp³-hybridized carbons (Fsp3) is 0.917. The maximum absolute atomic E-state index is 4.98. The van der Waals surface area contributed by atoms with Crippen LogP contribution in [0.5, 0.6) is 0 Å². The second-order valence-corrected chi connectivity index (χ2v) is 4.99. The quantitative estimate of drug-likeness (QED) is 0.332. The third kappa shape index (κ3) is 13.9. The zero-order valence-electron chi connectivity index (χ0n) is 11.8. The molecule has 0 aromatic carbocycles. The summed E-state index contributed by atoms with van der Waals surface area (Å²) in [6, 6.07) is 0. The first-order valence-corrected chi connectivity index (χ1v) is 6.00. The highest BCUT2D eigenvalue weighted by molar-refractivity contribution is 14.0. The lowest BCUT2D eigenvalue weighted by Crippen LogP contribution is -2.39. The topological polar surface area (TPSA) is 45.7 Å². The maximum Gasteiger partial charge on any atom is 0.191 e. The van der Waals surface area contributed by atoms with Crippen molar-refractivity contribution >= 4 is 29.9 Å². The largest absolute Gasteiger partial charge is 0.383 e. The smallest absolute Gasteiger partial charge is 0.191 e. The van der Waals surface area contributed by atoms with Crippen LogP contribution in [-0.2, 0) is 4.74 Å². The summed E-state index contributed by atoms with van der Waals surface area (Å²) >= 11 is 0. The average molecular weight is 357 g/mol. The van der Waals surface area contributed by atoms with Gasteiger partial charge in [0.25, 0.3) is 0 Å². The SMILES string of the molecule is CCNC(=NCCC(C)(C)C)NCCOC.I. The van der Waals surface area contributed by atoms with E-state index in [1.807, 2.05) is 0 Å². The molecule has 0 radical (unpaired) electrons. The van der Waals surface area contributed by atoms with Gasteiger partial charge in [0, 0.05) is 26.7 Å². The molecule has 0 aromatic rings. The van der Waals surface area contributed by atoms with Crippen LogP contribution < -0.4 is 10.6 Å². The number of ether oxygens (including phenoxy) is 1. The number of methoxy groups -OCH3 is 1. The van der Waals surface area contributed by atoms with E-state index in [1.165, 1.54) is 0 Å². The lowest BCUT2D eigenvalue weighted by atomic mass is 9.93. The van der Waals surface area contributed by atoms with E-state index in [2.05, 4.69) is 43.3 Å². The predicted molar refractivity (Wildman–Crippen MR) is 85.3 cm³/mol. The Balaban J connectivity index is 0. The summed E-state index contributed by atoms with van der Waals surface area (Å²) in [6.07, 6.45) is 1.09. The predicted octanol–water partition coefficient (Wildman–Crippen LogP) is 2.24. The molecule has 0 rings (SSSR count). The number of nitrogens with zero attached hydrogens (tertiary/aromatic N) is 1. The Labute approximate surface area is 123 Å². The van der Waals surface area contributed by atoms with Gasteiger partial charge in [0.2, 0.25) is 0 Å². The summed E-state index contributed by atoms with van der Waals surface area (Å²) < 4.78 is 4.98. The summed E-state index contributed by atoms with van der Waals surface area (Å²) in [6.45, 7) is 12.0. The maximum atomic E-state index is 4.98. The lowest BCUT2D eigenvalue weighted by molar-refractivity contribution is 0.203. The number of aliphatic imine (C=N–C) groups is 1. The minimum absolute atomic E-state index is 0. The molecular formula is C12H28IN3O. The molecular weight excluding hydrogens is 329 g/mol. The van der Waals surface area contributed by atoms with Gasteiger partial charge in [-0.05, 0) is 18.8 Å². The van der Waals surface area contributed by atoms with Crippen molar-refractivity contribution in [1.29, 1.82) is 0 Å². The molecule has 17 heavy (non-hydrogen) atoms. The van der Waals surface area contributed by atoms with E-state index in [9.17, 15) is 0 Å². The molecule has 0 atom stereocenters. The number of guanidine groups is 1. The molecule has 2 N–H and O–H groups in total. The zero-order valence-corrected chi connectivity index (χ0v) is 14.1. The molecule has 0 bridgehead atoms. The molecule has 0 saturated heterocycles. The van der Waals surface area contributed by atoms with Crippen molar-refractivity contribution in [2.24, 2.45) is 10.4 Å². The molecule has 0 aliphatic heterocycles. The number of halogens is 1. The van der Waals surface area contributed by atoms with E-state index in [0.29, 0.717) is 12.0 Å². The van der Waals surface area contributed by atoms with Crippen molar-refractivity contribution < 1.29 is 4.74 Å². The molecule has 5 heteroatoms. The van der Waals surface area contributed by atoms with Crippen LogP contribution in [0, 0.1) is 5.41 Å². The van der Waals surface area contributed by atoms with Gasteiger partial charge in [0.05, 0.1) is 6.61 Å². The Kier molecular flexibility index (Phi) is 12.6. The van der Waals surface area contributed by atoms with Crippen LogP contribution in [0.4, 0.5) is 0 Å². The molecule has 0 spiro atoms. The summed E-state index contributed by atoms with van der Waals surface area (Å²) in [4.78, 5) is 4.51. The first-order valence-electron chi connectivity index (χ1n) is 6.00. The van der Waals surface area contributed by atoms with E-state index < -0.39 is 0 Å². The minimum Gasteiger partial charge on any atom is -0.383 e. The Hall–Kier alpha value is -0.0400. The Bertz CT molecular complexity index is 202. The van der Waals surface area contributed by atoms with Gasteiger partial charge in [-0.2, -0.15) is 0 Å². The monoisotopic (exact) mass is 357 g/mol. The Morgan fingerprint density at radius 2 is 1.88 bits per heavy atom. The van der Waals surface area contributed by atoms with Crippen LogP contribution in [-0.4, -0.2) is 39.3 Å². The number of hydrogen-bond acceptors (Lipinski definition) is 2. The summed E-state index contributed by atoms with van der Waals surface area (Å²) in [5.74, 6) is 0.879. The van der Waals surface area contributed by atoms with Crippen molar-refractivity contribution in [3.8, 4) is 0 Å². The van der Waals surface area contributed by atoms with Crippen LogP contribution in [0.2, 0.25) is 0 Å². The van der Waals surface area contributed by atoms with Crippen molar-refractivity contribution in [2.75, 3.05) is 33.4 Å². The third-order valence-electron chi connectivity index (χ3n) is 2.07. The van der Waals surface area contributed by atoms with Gasteiger partial charge < -0.3 is 15.4 Å². The summed E-state index contributed by atoms with van der Waals surface area (Å²) in [7, 11) is 1.70. The van der Waals surface area contributed by atoms with Crippen LogP contribution in [0.25, 0.3) is 0 Å². The van der Waals surface area contributed by atoms with Crippen molar-refractivity contribution in [3.05, 3.63) is 0 Å². The summed E-state index contributed by atoms with van der Waals surface area (Å²) in [5.41, 5.74) is 0.341. The van der Waals surface area contributed by atoms with Gasteiger partial charge in [-0.25, -0.2) is 0 Å². The van der Waals surface area contributed by atoms with Crippen molar-refractivity contribution in [1.82, 2.24) is 10.6 Å². The molecule has 104 valence electrons. The molecule has 0 fully saturated rings. The van der Waals surface area contributed by atoms with Gasteiger partial charge in [-0.1, -0.05) is 20.8 Å². The first-order chi connectivity index (χ1) is 7.49. The van der Waals surface area contributed by atoms with Crippen molar-refractivity contribution in [2.45, 2.75) is 34.1 Å². The van der Waals surface area contributed by atoms with Crippen LogP contribution >= 0.6 is 24.0 Å². The highest BCUT2D eigenvalue weighted by atomic mass is 127. The molecule has 0 heterocycles. The Morgan fingerprint density at radius 1 is 1.24 bits per heavy atom. The minimum atomic E-state index is 0. The Morgan fingerprint density at radius 3 is 2.35 bits per heavy atom. The highest BCUT2D eigenvalue weighted by Gasteiger charge is 2.08. The van der Waals surface area contributed by atoms with Gasteiger partial charge in [0.15, 0.2) is 5.96 Å². The fourth-order valence-electron chi connectivity index (χ4n) is 1.12.